The topological polar surface area (TPSA) is 83.6 Å². The SMILES string of the molecule is CC(C)(C)C1=CC(=CN=Nc2ccccc2-c2ccc(-c3ccccc3)cc2N=NC=C2C=C(C(C)(C)C)C(=O)C(C(C)(C)C)=C2)C=C(C(C)(C)C)C1=O. The Morgan fingerprint density at radius 1 is 0.426 bits per heavy atom. The van der Waals surface area contributed by atoms with Crippen LogP contribution in [0.25, 0.3) is 22.3 Å². The van der Waals surface area contributed by atoms with E-state index in [2.05, 4.69) is 123 Å². The van der Waals surface area contributed by atoms with Crippen LogP contribution in [0.2, 0.25) is 0 Å². The Labute approximate surface area is 322 Å². The van der Waals surface area contributed by atoms with E-state index in [0.717, 1.165) is 55.7 Å². The summed E-state index contributed by atoms with van der Waals surface area (Å²) in [6.07, 6.45) is 11.2. The van der Waals surface area contributed by atoms with Crippen molar-refractivity contribution in [2.24, 2.45) is 42.1 Å². The molecule has 3 aromatic rings. The largest absolute Gasteiger partial charge is 0.289 e. The van der Waals surface area contributed by atoms with E-state index in [1.807, 2.05) is 72.8 Å². The molecule has 0 N–H and O–H groups in total. The van der Waals surface area contributed by atoms with Crippen LogP contribution in [-0.4, -0.2) is 11.6 Å². The molecule has 2 aliphatic rings. The maximum Gasteiger partial charge on any atom is 0.186 e. The summed E-state index contributed by atoms with van der Waals surface area (Å²) < 4.78 is 0. The molecule has 0 aromatic heterocycles. The van der Waals surface area contributed by atoms with Gasteiger partial charge in [-0.2, -0.15) is 20.5 Å². The highest BCUT2D eigenvalue weighted by Crippen LogP contribution is 2.42. The van der Waals surface area contributed by atoms with Crippen LogP contribution in [0.5, 0.6) is 0 Å². The molecule has 54 heavy (non-hydrogen) atoms. The Morgan fingerprint density at radius 2 is 0.815 bits per heavy atom. The predicted octanol–water partition coefficient (Wildman–Crippen LogP) is 14.0. The molecular weight excluding hydrogens is 665 g/mol. The van der Waals surface area contributed by atoms with Gasteiger partial charge >= 0.3 is 0 Å². The van der Waals surface area contributed by atoms with Gasteiger partial charge in [-0.25, -0.2) is 0 Å². The van der Waals surface area contributed by atoms with Gasteiger partial charge in [0.25, 0.3) is 0 Å². The second kappa shape index (κ2) is 15.2. The normalized spacial score (nSPS) is 16.1. The van der Waals surface area contributed by atoms with Crippen molar-refractivity contribution in [3.05, 3.63) is 143 Å². The highest BCUT2D eigenvalue weighted by molar-refractivity contribution is 6.12. The van der Waals surface area contributed by atoms with Crippen LogP contribution in [0.4, 0.5) is 11.4 Å². The number of carbonyl (C=O) groups excluding carboxylic acids is 2. The van der Waals surface area contributed by atoms with Crippen molar-refractivity contribution in [2.45, 2.75) is 83.1 Å². The maximum absolute atomic E-state index is 13.5. The number of hydrogen-bond acceptors (Lipinski definition) is 6. The van der Waals surface area contributed by atoms with E-state index in [-0.39, 0.29) is 33.2 Å². The van der Waals surface area contributed by atoms with E-state index in [1.54, 1.807) is 12.4 Å². The lowest BCUT2D eigenvalue weighted by Gasteiger charge is -2.31. The van der Waals surface area contributed by atoms with E-state index in [0.29, 0.717) is 11.4 Å². The van der Waals surface area contributed by atoms with Crippen LogP contribution in [0.15, 0.2) is 163 Å². The summed E-state index contributed by atoms with van der Waals surface area (Å²) in [4.78, 5) is 26.9. The van der Waals surface area contributed by atoms with Crippen molar-refractivity contribution in [2.75, 3.05) is 0 Å². The summed E-state index contributed by atoms with van der Waals surface area (Å²) >= 11 is 0. The van der Waals surface area contributed by atoms with Gasteiger partial charge in [0.15, 0.2) is 11.6 Å². The molecule has 0 heterocycles. The highest BCUT2D eigenvalue weighted by atomic mass is 16.1. The van der Waals surface area contributed by atoms with Crippen LogP contribution in [0, 0.1) is 21.7 Å². The lowest BCUT2D eigenvalue weighted by atomic mass is 9.72. The molecule has 2 aliphatic carbocycles. The van der Waals surface area contributed by atoms with Crippen molar-refractivity contribution in [3.8, 4) is 22.3 Å². The molecule has 0 fully saturated rings. The lowest BCUT2D eigenvalue weighted by Crippen LogP contribution is -2.27. The van der Waals surface area contributed by atoms with Crippen LogP contribution < -0.4 is 0 Å². The smallest absolute Gasteiger partial charge is 0.186 e. The van der Waals surface area contributed by atoms with Gasteiger partial charge in [-0.1, -0.05) is 144 Å². The number of hydrogen-bond donors (Lipinski definition) is 0. The summed E-state index contributed by atoms with van der Waals surface area (Å²) in [6, 6.07) is 24.2. The van der Waals surface area contributed by atoms with Crippen LogP contribution in [0.1, 0.15) is 83.1 Å². The second-order valence-corrected chi connectivity index (χ2v) is 18.2. The molecular formula is C48H54N4O2. The van der Waals surface area contributed by atoms with Crippen molar-refractivity contribution in [1.29, 1.82) is 0 Å². The van der Waals surface area contributed by atoms with Gasteiger partial charge in [-0.3, -0.25) is 9.59 Å². The first-order chi connectivity index (χ1) is 25.1. The maximum atomic E-state index is 13.5. The third-order valence-electron chi connectivity index (χ3n) is 9.50. The fraction of sp³-hybridized carbons (Fsp3) is 0.333. The van der Waals surface area contributed by atoms with E-state index >= 15 is 0 Å². The summed E-state index contributed by atoms with van der Waals surface area (Å²) in [5.41, 5.74) is 8.52. The van der Waals surface area contributed by atoms with Gasteiger partial charge < -0.3 is 0 Å². The molecule has 0 saturated carbocycles. The third kappa shape index (κ3) is 9.22. The van der Waals surface area contributed by atoms with Crippen LogP contribution in [0.3, 0.4) is 0 Å². The van der Waals surface area contributed by atoms with Crippen molar-refractivity contribution in [1.82, 2.24) is 0 Å². The minimum Gasteiger partial charge on any atom is -0.289 e. The first-order valence-electron chi connectivity index (χ1n) is 18.6. The van der Waals surface area contributed by atoms with Gasteiger partial charge in [0, 0.05) is 33.4 Å². The summed E-state index contributed by atoms with van der Waals surface area (Å²) in [6.45, 7) is 24.7. The molecule has 0 amide bonds. The minimum atomic E-state index is -0.325. The zero-order chi connectivity index (χ0) is 39.6. The van der Waals surface area contributed by atoms with Gasteiger partial charge in [-0.15, -0.1) is 0 Å². The fourth-order valence-electron chi connectivity index (χ4n) is 6.44. The van der Waals surface area contributed by atoms with Gasteiger partial charge in [-0.05, 0) is 80.4 Å². The molecule has 0 unspecified atom stereocenters. The number of azo groups is 2. The monoisotopic (exact) mass is 718 g/mol. The zero-order valence-corrected chi connectivity index (χ0v) is 34.0. The molecule has 0 aliphatic heterocycles. The Morgan fingerprint density at radius 3 is 1.26 bits per heavy atom. The summed E-state index contributed by atoms with van der Waals surface area (Å²) in [5.74, 6) is 0.163. The fourth-order valence-corrected chi connectivity index (χ4v) is 6.44. The average Bonchev–Trinajstić information content (AvgIpc) is 3.08. The van der Waals surface area contributed by atoms with E-state index < -0.39 is 0 Å². The molecule has 6 nitrogen and oxygen atoms in total. The molecule has 278 valence electrons. The molecule has 0 spiro atoms. The molecule has 0 saturated heterocycles. The zero-order valence-electron chi connectivity index (χ0n) is 34.0. The van der Waals surface area contributed by atoms with Crippen molar-refractivity contribution >= 4 is 22.9 Å². The predicted molar refractivity (Wildman–Crippen MR) is 223 cm³/mol. The van der Waals surface area contributed by atoms with Crippen LogP contribution >= 0.6 is 0 Å². The first kappa shape index (κ1) is 39.8. The van der Waals surface area contributed by atoms with Gasteiger partial charge in [0.2, 0.25) is 0 Å². The number of ketones is 2. The second-order valence-electron chi connectivity index (χ2n) is 18.2. The number of benzene rings is 3. The molecule has 5 rings (SSSR count). The summed E-state index contributed by atoms with van der Waals surface area (Å²) in [5, 5.41) is 18.6. The molecule has 0 radical (unpaired) electrons. The van der Waals surface area contributed by atoms with E-state index in [9.17, 15) is 9.59 Å². The minimum absolute atomic E-state index is 0.0802. The number of nitrogens with zero attached hydrogens (tertiary/aromatic N) is 4. The first-order valence-corrected chi connectivity index (χ1v) is 18.6. The quantitative estimate of drug-likeness (QED) is 0.238. The average molecular weight is 719 g/mol. The van der Waals surface area contributed by atoms with Gasteiger partial charge in [0.1, 0.15) is 0 Å². The number of carbonyl (C=O) groups is 2. The molecule has 6 heteroatoms. The number of rotatable bonds is 6. The van der Waals surface area contributed by atoms with Crippen LogP contribution in [-0.2, 0) is 9.59 Å². The molecule has 3 aromatic carbocycles. The lowest BCUT2D eigenvalue weighted by molar-refractivity contribution is -0.114. The van der Waals surface area contributed by atoms with Crippen molar-refractivity contribution < 1.29 is 9.59 Å². The Balaban J connectivity index is 1.59. The van der Waals surface area contributed by atoms with E-state index in [1.165, 1.54) is 0 Å². The third-order valence-corrected chi connectivity index (χ3v) is 9.50. The molecule has 0 atom stereocenters. The highest BCUT2D eigenvalue weighted by Gasteiger charge is 2.35. The standard InChI is InChI=1S/C48H54N4O2/c1-45(2,3)37-24-31(25-38(43(37)53)46(4,5)6)29-49-51-41-21-17-16-20-35(41)36-23-22-34(33-18-14-13-15-19-33)28-42(36)52-50-30-32-26-39(47(7,8)9)44(54)40(27-32)48(10,11)12/h13-30H,1-12H3. The van der Waals surface area contributed by atoms with E-state index in [4.69, 9.17) is 5.11 Å². The molecule has 0 bridgehead atoms. The Bertz CT molecular complexity index is 2140. The number of Topliss-reactive ketones (excluding diaryl/α,β-unsaturated/α-hetero) is 2. The summed E-state index contributed by atoms with van der Waals surface area (Å²) in [7, 11) is 0. The van der Waals surface area contributed by atoms with Gasteiger partial charge in [0.05, 0.1) is 23.8 Å². The Hall–Kier alpha value is -5.36. The van der Waals surface area contributed by atoms with Crippen molar-refractivity contribution in [3.63, 3.8) is 0 Å². The number of allylic oxidation sites excluding steroid dienone is 10. The Kier molecular flexibility index (Phi) is 11.2.